The van der Waals surface area contributed by atoms with Crippen molar-refractivity contribution in [2.45, 2.75) is 5.92 Å². The van der Waals surface area contributed by atoms with Crippen LogP contribution in [-0.4, -0.2) is 25.2 Å². The summed E-state index contributed by atoms with van der Waals surface area (Å²) < 4.78 is 27.4. The summed E-state index contributed by atoms with van der Waals surface area (Å²) in [6.45, 7) is 0. The molecule has 0 bridgehead atoms. The van der Waals surface area contributed by atoms with Gasteiger partial charge in [0.25, 0.3) is 5.91 Å². The summed E-state index contributed by atoms with van der Waals surface area (Å²) in [4.78, 5) is 22.9. The molecule has 1 aliphatic rings. The molecule has 0 aromatic heterocycles. The van der Waals surface area contributed by atoms with Gasteiger partial charge in [0.1, 0.15) is 5.92 Å². The van der Waals surface area contributed by atoms with E-state index in [1.54, 1.807) is 12.1 Å². The van der Waals surface area contributed by atoms with E-state index in [1.807, 2.05) is 30.3 Å². The Hall–Kier alpha value is -3.19. The summed E-state index contributed by atoms with van der Waals surface area (Å²) in [5.74, 6) is -1.96. The van der Waals surface area contributed by atoms with Crippen LogP contribution in [0.5, 0.6) is 0 Å². The summed E-state index contributed by atoms with van der Waals surface area (Å²) in [6.07, 6.45) is 1.39. The summed E-state index contributed by atoms with van der Waals surface area (Å²) in [7, 11) is -2.74. The molecule has 6 nitrogen and oxygen atoms in total. The van der Waals surface area contributed by atoms with Gasteiger partial charge in [0.15, 0.2) is 4.86 Å². The van der Waals surface area contributed by atoms with Crippen molar-refractivity contribution in [1.29, 1.82) is 0 Å². The molecule has 1 atom stereocenters. The maximum Gasteiger partial charge on any atom is 0.322 e. The van der Waals surface area contributed by atoms with Crippen molar-refractivity contribution in [1.82, 2.24) is 0 Å². The maximum atomic E-state index is 12.1. The van der Waals surface area contributed by atoms with Crippen LogP contribution in [-0.2, 0) is 24.6 Å². The van der Waals surface area contributed by atoms with Crippen molar-refractivity contribution >= 4 is 32.6 Å². The zero-order valence-corrected chi connectivity index (χ0v) is 13.7. The topological polar surface area (TPSA) is 104 Å². The highest BCUT2D eigenvalue weighted by Gasteiger charge is 2.32. The second kappa shape index (κ2) is 6.74. The SMILES string of the molecule is NC(=O)C(c1ccc(C2=COC(=O)C2c2ccccc2)cc1)=S(=O)=O. The number of cyclic esters (lactones) is 1. The number of hydrogen-bond donors (Lipinski definition) is 1. The van der Waals surface area contributed by atoms with Crippen LogP contribution in [0.1, 0.15) is 22.6 Å². The Morgan fingerprint density at radius 1 is 1.00 bits per heavy atom. The van der Waals surface area contributed by atoms with Crippen LogP contribution in [0.25, 0.3) is 5.57 Å². The molecular weight excluding hydrogens is 342 g/mol. The fourth-order valence-corrected chi connectivity index (χ4v) is 3.21. The van der Waals surface area contributed by atoms with Crippen LogP contribution < -0.4 is 5.73 Å². The van der Waals surface area contributed by atoms with Gasteiger partial charge in [-0.15, -0.1) is 0 Å². The van der Waals surface area contributed by atoms with E-state index in [2.05, 4.69) is 0 Å². The Bertz CT molecular complexity index is 997. The van der Waals surface area contributed by atoms with Crippen LogP contribution in [0.15, 0.2) is 60.9 Å². The van der Waals surface area contributed by atoms with Gasteiger partial charge in [0.2, 0.25) is 10.3 Å². The average molecular weight is 355 g/mol. The van der Waals surface area contributed by atoms with Gasteiger partial charge < -0.3 is 10.5 Å². The summed E-state index contributed by atoms with van der Waals surface area (Å²) >= 11 is 0. The van der Waals surface area contributed by atoms with E-state index in [0.717, 1.165) is 5.56 Å². The van der Waals surface area contributed by atoms with Gasteiger partial charge in [-0.2, -0.15) is 8.42 Å². The van der Waals surface area contributed by atoms with E-state index in [-0.39, 0.29) is 11.5 Å². The molecule has 25 heavy (non-hydrogen) atoms. The Labute approximate surface area is 145 Å². The number of nitrogens with two attached hydrogens (primary N) is 1. The Morgan fingerprint density at radius 3 is 2.20 bits per heavy atom. The number of carbonyl (C=O) groups is 2. The normalized spacial score (nSPS) is 16.1. The third-order valence-electron chi connectivity index (χ3n) is 3.85. The number of rotatable bonds is 4. The van der Waals surface area contributed by atoms with E-state index in [4.69, 9.17) is 10.5 Å². The van der Waals surface area contributed by atoms with E-state index in [1.165, 1.54) is 18.4 Å². The largest absolute Gasteiger partial charge is 0.433 e. The Kier molecular flexibility index (Phi) is 4.49. The lowest BCUT2D eigenvalue weighted by atomic mass is 9.88. The lowest BCUT2D eigenvalue weighted by molar-refractivity contribution is -0.136. The molecule has 0 saturated carbocycles. The van der Waals surface area contributed by atoms with E-state index >= 15 is 0 Å². The molecule has 0 fully saturated rings. The van der Waals surface area contributed by atoms with E-state index in [9.17, 15) is 18.0 Å². The molecule has 1 unspecified atom stereocenters. The summed E-state index contributed by atoms with van der Waals surface area (Å²) in [5.41, 5.74) is 7.43. The molecule has 2 aromatic rings. The first-order chi connectivity index (χ1) is 12.0. The van der Waals surface area contributed by atoms with Gasteiger partial charge in [0.05, 0.1) is 6.26 Å². The second-order valence-corrected chi connectivity index (χ2v) is 6.24. The first kappa shape index (κ1) is 16.7. The number of esters is 1. The number of amides is 1. The smallest absolute Gasteiger partial charge is 0.322 e. The molecule has 0 spiro atoms. The van der Waals surface area contributed by atoms with Crippen molar-refractivity contribution in [3.63, 3.8) is 0 Å². The molecule has 1 amide bonds. The highest BCUT2D eigenvalue weighted by molar-refractivity contribution is 7.75. The van der Waals surface area contributed by atoms with E-state index < -0.39 is 27.0 Å². The van der Waals surface area contributed by atoms with Gasteiger partial charge in [-0.1, -0.05) is 54.6 Å². The lowest BCUT2D eigenvalue weighted by Crippen LogP contribution is -2.25. The van der Waals surface area contributed by atoms with Crippen molar-refractivity contribution < 1.29 is 22.7 Å². The van der Waals surface area contributed by atoms with E-state index in [0.29, 0.717) is 11.1 Å². The first-order valence-corrected chi connectivity index (χ1v) is 8.39. The number of ether oxygens (including phenoxy) is 1. The van der Waals surface area contributed by atoms with Gasteiger partial charge in [-0.25, -0.2) is 0 Å². The minimum absolute atomic E-state index is 0.187. The minimum atomic E-state index is -2.74. The molecule has 3 rings (SSSR count). The summed E-state index contributed by atoms with van der Waals surface area (Å²) in [5, 5.41) is 0. The molecule has 0 aliphatic carbocycles. The quantitative estimate of drug-likeness (QED) is 0.505. The molecule has 0 saturated heterocycles. The minimum Gasteiger partial charge on any atom is -0.433 e. The number of benzene rings is 2. The van der Waals surface area contributed by atoms with Crippen molar-refractivity contribution in [3.8, 4) is 0 Å². The molecule has 0 radical (unpaired) electrons. The van der Waals surface area contributed by atoms with Gasteiger partial charge in [0, 0.05) is 11.1 Å². The second-order valence-electron chi connectivity index (χ2n) is 5.36. The molecule has 1 aliphatic heterocycles. The van der Waals surface area contributed by atoms with Gasteiger partial charge >= 0.3 is 5.97 Å². The average Bonchev–Trinajstić information content (AvgIpc) is 2.97. The zero-order chi connectivity index (χ0) is 18.0. The molecule has 2 N–H and O–H groups in total. The van der Waals surface area contributed by atoms with Crippen LogP contribution in [0.3, 0.4) is 0 Å². The number of carbonyl (C=O) groups excluding carboxylic acids is 2. The predicted octanol–water partition coefficient (Wildman–Crippen LogP) is 1.25. The van der Waals surface area contributed by atoms with Crippen LogP contribution in [0.4, 0.5) is 0 Å². The first-order valence-electron chi connectivity index (χ1n) is 7.31. The highest BCUT2D eigenvalue weighted by atomic mass is 32.2. The third kappa shape index (κ3) is 3.22. The van der Waals surface area contributed by atoms with Crippen LogP contribution in [0.2, 0.25) is 0 Å². The van der Waals surface area contributed by atoms with Crippen LogP contribution >= 0.6 is 0 Å². The predicted molar refractivity (Wildman–Crippen MR) is 91.9 cm³/mol. The zero-order valence-electron chi connectivity index (χ0n) is 12.9. The standard InChI is InChI=1S/C18H13NO5S/c19-17(20)16(25(22)23)13-8-6-11(7-9-13)14-10-24-18(21)15(14)12-4-2-1-3-5-12/h1-10,15H,(H2,19,20). The number of hydrogen-bond acceptors (Lipinski definition) is 5. The van der Waals surface area contributed by atoms with Crippen molar-refractivity contribution in [2.24, 2.45) is 5.73 Å². The van der Waals surface area contributed by atoms with Crippen molar-refractivity contribution in [3.05, 3.63) is 77.5 Å². The molecular formula is C18H13NO5S. The molecule has 7 heteroatoms. The molecule has 2 aromatic carbocycles. The summed E-state index contributed by atoms with van der Waals surface area (Å²) in [6, 6.07) is 15.4. The molecule has 1 heterocycles. The van der Waals surface area contributed by atoms with Crippen LogP contribution in [0, 0.1) is 0 Å². The maximum absolute atomic E-state index is 12.1. The highest BCUT2D eigenvalue weighted by Crippen LogP contribution is 2.37. The fraction of sp³-hybridized carbons (Fsp3) is 0.0556. The lowest BCUT2D eigenvalue weighted by Gasteiger charge is -2.12. The fourth-order valence-electron chi connectivity index (χ4n) is 2.72. The van der Waals surface area contributed by atoms with Gasteiger partial charge in [-0.3, -0.25) is 9.59 Å². The monoisotopic (exact) mass is 355 g/mol. The third-order valence-corrected chi connectivity index (χ3v) is 4.62. The number of primary amides is 1. The van der Waals surface area contributed by atoms with Crippen molar-refractivity contribution in [2.75, 3.05) is 0 Å². The Balaban J connectivity index is 1.99. The van der Waals surface area contributed by atoms with Gasteiger partial charge in [-0.05, 0) is 11.1 Å². The molecule has 126 valence electrons. The Morgan fingerprint density at radius 2 is 1.64 bits per heavy atom.